The lowest BCUT2D eigenvalue weighted by Crippen LogP contribution is -2.14. The number of hydrogen-bond acceptors (Lipinski definition) is 5. The van der Waals surface area contributed by atoms with Gasteiger partial charge in [-0.05, 0) is 24.7 Å². The average molecular weight is 293 g/mol. The maximum absolute atomic E-state index is 4.50. The summed E-state index contributed by atoms with van der Waals surface area (Å²) in [6, 6.07) is 0. The molecule has 1 rings (SSSR count). The maximum atomic E-state index is 4.50. The van der Waals surface area contributed by atoms with Crippen molar-refractivity contribution in [3.8, 4) is 0 Å². The fourth-order valence-electron chi connectivity index (χ4n) is 1.75. The van der Waals surface area contributed by atoms with Gasteiger partial charge in [-0.2, -0.15) is 15.0 Å². The number of nitrogens with zero attached hydrogens (tertiary/aromatic N) is 3. The topological polar surface area (TPSA) is 62.7 Å². The molecule has 0 fully saturated rings. The maximum Gasteiger partial charge on any atom is 0.227 e. The number of anilines is 2. The zero-order chi connectivity index (χ0) is 15.8. The molecule has 5 heteroatoms. The zero-order valence-electron chi connectivity index (χ0n) is 14.4. The highest BCUT2D eigenvalue weighted by molar-refractivity contribution is 5.34. The summed E-state index contributed by atoms with van der Waals surface area (Å²) >= 11 is 0. The summed E-state index contributed by atoms with van der Waals surface area (Å²) in [4.78, 5) is 13.5. The van der Waals surface area contributed by atoms with E-state index in [1.165, 1.54) is 0 Å². The van der Waals surface area contributed by atoms with Crippen LogP contribution in [-0.2, 0) is 0 Å². The average Bonchev–Trinajstić information content (AvgIpc) is 2.37. The van der Waals surface area contributed by atoms with Gasteiger partial charge in [0.1, 0.15) is 5.82 Å². The normalized spacial score (nSPS) is 11.5. The Labute approximate surface area is 129 Å². The molecule has 0 unspecified atom stereocenters. The Balaban J connectivity index is 2.70. The lowest BCUT2D eigenvalue weighted by molar-refractivity contribution is 0.603. The molecule has 0 atom stereocenters. The van der Waals surface area contributed by atoms with Gasteiger partial charge in [-0.15, -0.1) is 0 Å². The quantitative estimate of drug-likeness (QED) is 0.722. The minimum absolute atomic E-state index is 0.296. The predicted molar refractivity (Wildman–Crippen MR) is 89.8 cm³/mol. The SMILES string of the molecule is CC(C)CCNc1nc(NCCC(C)C)nc(C(C)C)n1. The van der Waals surface area contributed by atoms with Gasteiger partial charge < -0.3 is 10.6 Å². The largest absolute Gasteiger partial charge is 0.354 e. The fraction of sp³-hybridized carbons (Fsp3) is 0.812. The summed E-state index contributed by atoms with van der Waals surface area (Å²) in [6.07, 6.45) is 2.22. The van der Waals surface area contributed by atoms with Gasteiger partial charge in [0, 0.05) is 19.0 Å². The second kappa shape index (κ2) is 8.80. The van der Waals surface area contributed by atoms with Crippen LogP contribution in [-0.4, -0.2) is 28.0 Å². The Kier molecular flexibility index (Phi) is 7.40. The van der Waals surface area contributed by atoms with Crippen molar-refractivity contribution >= 4 is 11.9 Å². The molecule has 0 aliphatic heterocycles. The van der Waals surface area contributed by atoms with Crippen LogP contribution in [0.15, 0.2) is 0 Å². The van der Waals surface area contributed by atoms with Gasteiger partial charge in [0.25, 0.3) is 0 Å². The van der Waals surface area contributed by atoms with Crippen molar-refractivity contribution in [2.75, 3.05) is 23.7 Å². The molecule has 0 radical (unpaired) electrons. The van der Waals surface area contributed by atoms with Crippen molar-refractivity contribution in [3.05, 3.63) is 5.82 Å². The Morgan fingerprint density at radius 2 is 1.14 bits per heavy atom. The Morgan fingerprint density at radius 1 is 0.714 bits per heavy atom. The molecule has 0 saturated heterocycles. The third-order valence-electron chi connectivity index (χ3n) is 3.18. The second-order valence-corrected chi connectivity index (χ2v) is 6.71. The Morgan fingerprint density at radius 3 is 1.48 bits per heavy atom. The van der Waals surface area contributed by atoms with Crippen molar-refractivity contribution in [1.29, 1.82) is 0 Å². The van der Waals surface area contributed by atoms with Crippen LogP contribution in [0.4, 0.5) is 11.9 Å². The van der Waals surface area contributed by atoms with Crippen LogP contribution in [0, 0.1) is 11.8 Å². The van der Waals surface area contributed by atoms with Gasteiger partial charge in [-0.1, -0.05) is 41.5 Å². The highest BCUT2D eigenvalue weighted by Gasteiger charge is 2.09. The summed E-state index contributed by atoms with van der Waals surface area (Å²) < 4.78 is 0. The molecule has 0 saturated carbocycles. The standard InChI is InChI=1S/C16H31N5/c1-11(2)7-9-17-15-19-14(13(5)6)20-16(21-15)18-10-8-12(3)4/h11-13H,7-10H2,1-6H3,(H2,17,18,19,20,21). The molecule has 0 bridgehead atoms. The van der Waals surface area contributed by atoms with Crippen LogP contribution in [0.3, 0.4) is 0 Å². The molecule has 0 aliphatic carbocycles. The lowest BCUT2D eigenvalue weighted by Gasteiger charge is -2.13. The van der Waals surface area contributed by atoms with E-state index in [1.807, 2.05) is 0 Å². The summed E-state index contributed by atoms with van der Waals surface area (Å²) in [5.74, 6) is 3.84. The first-order valence-corrected chi connectivity index (χ1v) is 8.12. The van der Waals surface area contributed by atoms with Crippen molar-refractivity contribution in [1.82, 2.24) is 15.0 Å². The van der Waals surface area contributed by atoms with Crippen LogP contribution in [0.2, 0.25) is 0 Å². The second-order valence-electron chi connectivity index (χ2n) is 6.71. The Bertz CT molecular complexity index is 383. The molecule has 1 heterocycles. The van der Waals surface area contributed by atoms with E-state index in [0.29, 0.717) is 29.7 Å². The van der Waals surface area contributed by atoms with Gasteiger partial charge in [-0.3, -0.25) is 0 Å². The molecule has 1 aromatic rings. The molecule has 5 nitrogen and oxygen atoms in total. The molecule has 21 heavy (non-hydrogen) atoms. The first-order valence-electron chi connectivity index (χ1n) is 8.12. The molecule has 0 aliphatic rings. The van der Waals surface area contributed by atoms with Crippen LogP contribution < -0.4 is 10.6 Å². The van der Waals surface area contributed by atoms with Gasteiger partial charge in [-0.25, -0.2) is 0 Å². The van der Waals surface area contributed by atoms with Crippen molar-refractivity contribution in [3.63, 3.8) is 0 Å². The number of rotatable bonds is 9. The van der Waals surface area contributed by atoms with Crippen LogP contribution in [0.5, 0.6) is 0 Å². The predicted octanol–water partition coefficient (Wildman–Crippen LogP) is 3.91. The van der Waals surface area contributed by atoms with E-state index in [9.17, 15) is 0 Å². The zero-order valence-corrected chi connectivity index (χ0v) is 14.4. The third kappa shape index (κ3) is 7.25. The van der Waals surface area contributed by atoms with E-state index in [-0.39, 0.29) is 0 Å². The van der Waals surface area contributed by atoms with Gasteiger partial charge in [0.15, 0.2) is 0 Å². The van der Waals surface area contributed by atoms with E-state index in [1.54, 1.807) is 0 Å². The Hall–Kier alpha value is -1.39. The monoisotopic (exact) mass is 293 g/mol. The van der Waals surface area contributed by atoms with Gasteiger partial charge in [0.2, 0.25) is 11.9 Å². The van der Waals surface area contributed by atoms with Crippen molar-refractivity contribution in [2.24, 2.45) is 11.8 Å². The van der Waals surface area contributed by atoms with Crippen molar-refractivity contribution < 1.29 is 0 Å². The van der Waals surface area contributed by atoms with Crippen molar-refractivity contribution in [2.45, 2.75) is 60.3 Å². The molecule has 1 aromatic heterocycles. The minimum Gasteiger partial charge on any atom is -0.354 e. The number of hydrogen-bond donors (Lipinski definition) is 2. The minimum atomic E-state index is 0.296. The van der Waals surface area contributed by atoms with E-state index in [0.717, 1.165) is 31.8 Å². The molecule has 2 N–H and O–H groups in total. The molecule has 0 aromatic carbocycles. The smallest absolute Gasteiger partial charge is 0.227 e. The molecule has 0 amide bonds. The summed E-state index contributed by atoms with van der Waals surface area (Å²) in [5, 5.41) is 6.62. The summed E-state index contributed by atoms with van der Waals surface area (Å²) in [6.45, 7) is 14.9. The third-order valence-corrected chi connectivity index (χ3v) is 3.18. The van der Waals surface area contributed by atoms with Gasteiger partial charge in [0.05, 0.1) is 0 Å². The lowest BCUT2D eigenvalue weighted by atomic mass is 10.1. The van der Waals surface area contributed by atoms with Crippen LogP contribution >= 0.6 is 0 Å². The number of nitrogens with one attached hydrogen (secondary N) is 2. The van der Waals surface area contributed by atoms with E-state index in [4.69, 9.17) is 0 Å². The van der Waals surface area contributed by atoms with E-state index >= 15 is 0 Å². The van der Waals surface area contributed by atoms with E-state index < -0.39 is 0 Å². The number of aromatic nitrogens is 3. The fourth-order valence-corrected chi connectivity index (χ4v) is 1.75. The first-order chi connectivity index (χ1) is 9.88. The van der Waals surface area contributed by atoms with Crippen LogP contribution in [0.25, 0.3) is 0 Å². The summed E-state index contributed by atoms with van der Waals surface area (Å²) in [5.41, 5.74) is 0. The van der Waals surface area contributed by atoms with E-state index in [2.05, 4.69) is 67.1 Å². The highest BCUT2D eigenvalue weighted by atomic mass is 15.2. The van der Waals surface area contributed by atoms with Gasteiger partial charge >= 0.3 is 0 Å². The molecule has 120 valence electrons. The summed E-state index contributed by atoms with van der Waals surface area (Å²) in [7, 11) is 0. The molecule has 0 spiro atoms. The highest BCUT2D eigenvalue weighted by Crippen LogP contribution is 2.14. The van der Waals surface area contributed by atoms with Crippen LogP contribution in [0.1, 0.15) is 66.1 Å². The first kappa shape index (κ1) is 17.7. The molecular formula is C16H31N5. The molecular weight excluding hydrogens is 262 g/mol.